The smallest absolute Gasteiger partial charge is 0.332 e. The monoisotopic (exact) mass is 379 g/mol. The maximum absolute atomic E-state index is 12.3. The van der Waals surface area contributed by atoms with Gasteiger partial charge >= 0.3 is 12.0 Å². The Morgan fingerprint density at radius 1 is 1.07 bits per heavy atom. The molecule has 1 aromatic heterocycles. The van der Waals surface area contributed by atoms with E-state index in [1.165, 1.54) is 13.1 Å². The Hall–Kier alpha value is -3.94. The predicted octanol–water partition coefficient (Wildman–Crippen LogP) is 2.58. The van der Waals surface area contributed by atoms with Crippen molar-refractivity contribution in [1.29, 1.82) is 0 Å². The van der Waals surface area contributed by atoms with E-state index in [-0.39, 0.29) is 5.89 Å². The third-order valence-electron chi connectivity index (χ3n) is 3.71. The first-order chi connectivity index (χ1) is 13.6. The zero-order valence-corrected chi connectivity index (χ0v) is 14.9. The molecular formula is C20H17N3O5. The number of amides is 3. The molecule has 2 N–H and O–H groups in total. The van der Waals surface area contributed by atoms with E-state index in [4.69, 9.17) is 9.15 Å². The van der Waals surface area contributed by atoms with E-state index in [1.54, 1.807) is 42.5 Å². The number of nitrogens with zero attached hydrogens (tertiary/aromatic N) is 1. The van der Waals surface area contributed by atoms with E-state index in [9.17, 15) is 14.4 Å². The first-order valence-electron chi connectivity index (χ1n) is 8.38. The van der Waals surface area contributed by atoms with Crippen molar-refractivity contribution in [2.75, 3.05) is 7.05 Å². The van der Waals surface area contributed by atoms with Crippen molar-refractivity contribution in [2.45, 2.75) is 6.10 Å². The van der Waals surface area contributed by atoms with Crippen LogP contribution in [0.15, 0.2) is 65.1 Å². The van der Waals surface area contributed by atoms with Gasteiger partial charge in [-0.1, -0.05) is 42.5 Å². The number of hydrogen-bond acceptors (Lipinski definition) is 6. The molecule has 142 valence electrons. The van der Waals surface area contributed by atoms with Crippen LogP contribution in [0.25, 0.3) is 17.2 Å². The number of hydrogen-bond donors (Lipinski definition) is 2. The fraction of sp³-hybridized carbons (Fsp3) is 0.100. The van der Waals surface area contributed by atoms with Crippen LogP contribution in [-0.4, -0.2) is 29.9 Å². The summed E-state index contributed by atoms with van der Waals surface area (Å²) in [5.74, 6) is -1.33. The van der Waals surface area contributed by atoms with Gasteiger partial charge < -0.3 is 14.5 Å². The van der Waals surface area contributed by atoms with E-state index >= 15 is 0 Å². The third kappa shape index (κ3) is 4.61. The molecule has 8 nitrogen and oxygen atoms in total. The van der Waals surface area contributed by atoms with Gasteiger partial charge in [0.1, 0.15) is 5.52 Å². The highest BCUT2D eigenvalue weighted by atomic mass is 16.5. The lowest BCUT2D eigenvalue weighted by molar-refractivity contribution is -0.151. The van der Waals surface area contributed by atoms with E-state index in [0.717, 1.165) is 6.08 Å². The lowest BCUT2D eigenvalue weighted by Gasteiger charge is -2.16. The average molecular weight is 379 g/mol. The number of esters is 1. The van der Waals surface area contributed by atoms with E-state index in [0.29, 0.717) is 16.7 Å². The average Bonchev–Trinajstić information content (AvgIpc) is 3.14. The molecule has 2 aromatic carbocycles. The Kier molecular flexibility index (Phi) is 5.81. The highest BCUT2D eigenvalue weighted by Gasteiger charge is 2.25. The second-order valence-electron chi connectivity index (χ2n) is 5.65. The van der Waals surface area contributed by atoms with Crippen molar-refractivity contribution < 1.29 is 23.5 Å². The number of fused-ring (bicyclic) bond motifs is 1. The number of ether oxygens (including phenoxy) is 1. The number of para-hydroxylation sites is 2. The molecule has 3 amide bonds. The van der Waals surface area contributed by atoms with Crippen LogP contribution in [0.2, 0.25) is 0 Å². The normalized spacial score (nSPS) is 11.9. The Morgan fingerprint density at radius 2 is 1.79 bits per heavy atom. The summed E-state index contributed by atoms with van der Waals surface area (Å²) < 4.78 is 10.7. The molecular weight excluding hydrogens is 362 g/mol. The van der Waals surface area contributed by atoms with Gasteiger partial charge in [-0.2, -0.15) is 0 Å². The van der Waals surface area contributed by atoms with Crippen molar-refractivity contribution in [3.63, 3.8) is 0 Å². The first kappa shape index (κ1) is 18.8. The SMILES string of the molecule is CNC(=O)NC(=O)C(OC(=O)/C=C/c1nc2ccccc2o1)c1ccccc1. The molecule has 0 saturated heterocycles. The van der Waals surface area contributed by atoms with Gasteiger partial charge in [0.25, 0.3) is 5.91 Å². The standard InChI is InChI=1S/C20H17N3O5/c1-21-20(26)23-19(25)18(13-7-3-2-4-8-13)28-17(24)12-11-16-22-14-9-5-6-10-15(14)27-16/h2-12,18H,1H3,(H2,21,23,25,26)/b12-11+. The zero-order valence-electron chi connectivity index (χ0n) is 14.9. The Labute approximate surface area is 160 Å². The molecule has 3 aromatic rings. The molecule has 0 spiro atoms. The fourth-order valence-corrected chi connectivity index (χ4v) is 2.40. The minimum absolute atomic E-state index is 0.226. The van der Waals surface area contributed by atoms with Gasteiger partial charge in [0, 0.05) is 24.8 Å². The summed E-state index contributed by atoms with van der Waals surface area (Å²) in [6, 6.07) is 14.8. The Morgan fingerprint density at radius 3 is 2.50 bits per heavy atom. The number of aromatic nitrogens is 1. The Balaban J connectivity index is 1.74. The van der Waals surface area contributed by atoms with E-state index < -0.39 is 24.0 Å². The largest absolute Gasteiger partial charge is 0.444 e. The summed E-state index contributed by atoms with van der Waals surface area (Å²) in [6.45, 7) is 0. The van der Waals surface area contributed by atoms with Crippen LogP contribution in [0.5, 0.6) is 0 Å². The van der Waals surface area contributed by atoms with Gasteiger partial charge in [0.05, 0.1) is 0 Å². The van der Waals surface area contributed by atoms with Gasteiger partial charge in [0.15, 0.2) is 5.58 Å². The Bertz CT molecular complexity index is 994. The molecule has 8 heteroatoms. The molecule has 1 atom stereocenters. The third-order valence-corrected chi connectivity index (χ3v) is 3.71. The van der Waals surface area contributed by atoms with Crippen molar-refractivity contribution in [2.24, 2.45) is 0 Å². The second kappa shape index (κ2) is 8.63. The predicted molar refractivity (Wildman–Crippen MR) is 101 cm³/mol. The minimum Gasteiger partial charge on any atom is -0.444 e. The summed E-state index contributed by atoms with van der Waals surface area (Å²) in [4.78, 5) is 40.2. The summed E-state index contributed by atoms with van der Waals surface area (Å²) in [5.41, 5.74) is 1.66. The van der Waals surface area contributed by atoms with Gasteiger partial charge in [-0.15, -0.1) is 0 Å². The molecule has 1 heterocycles. The number of carbonyl (C=O) groups is 3. The number of urea groups is 1. The van der Waals surface area contributed by atoms with E-state index in [1.807, 2.05) is 12.1 Å². The van der Waals surface area contributed by atoms with E-state index in [2.05, 4.69) is 15.6 Å². The molecule has 0 aliphatic rings. The maximum Gasteiger partial charge on any atom is 0.332 e. The van der Waals surface area contributed by atoms with Gasteiger partial charge in [-0.3, -0.25) is 10.1 Å². The van der Waals surface area contributed by atoms with Crippen LogP contribution in [0.1, 0.15) is 17.6 Å². The van der Waals surface area contributed by atoms with Crippen LogP contribution in [0.4, 0.5) is 4.79 Å². The first-order valence-corrected chi connectivity index (χ1v) is 8.38. The van der Waals surface area contributed by atoms with Crippen molar-refractivity contribution in [3.05, 3.63) is 72.1 Å². The molecule has 0 aliphatic carbocycles. The molecule has 0 radical (unpaired) electrons. The van der Waals surface area contributed by atoms with Crippen LogP contribution in [0.3, 0.4) is 0 Å². The van der Waals surface area contributed by atoms with Gasteiger partial charge in [-0.25, -0.2) is 14.6 Å². The van der Waals surface area contributed by atoms with Gasteiger partial charge in [-0.05, 0) is 12.1 Å². The number of nitrogens with one attached hydrogen (secondary N) is 2. The molecule has 0 saturated carbocycles. The number of benzene rings is 2. The quantitative estimate of drug-likeness (QED) is 0.521. The van der Waals surface area contributed by atoms with Gasteiger partial charge in [0.2, 0.25) is 12.0 Å². The molecule has 28 heavy (non-hydrogen) atoms. The van der Waals surface area contributed by atoms with Crippen LogP contribution >= 0.6 is 0 Å². The van der Waals surface area contributed by atoms with Crippen molar-refractivity contribution in [1.82, 2.24) is 15.6 Å². The second-order valence-corrected chi connectivity index (χ2v) is 5.65. The lowest BCUT2D eigenvalue weighted by Crippen LogP contribution is -2.41. The molecule has 3 rings (SSSR count). The maximum atomic E-state index is 12.3. The molecule has 0 bridgehead atoms. The number of imide groups is 1. The van der Waals surface area contributed by atoms with Crippen LogP contribution in [0, 0.1) is 0 Å². The summed E-state index contributed by atoms with van der Waals surface area (Å²) in [5, 5.41) is 4.37. The summed E-state index contributed by atoms with van der Waals surface area (Å²) in [7, 11) is 1.37. The topological polar surface area (TPSA) is 111 Å². The minimum atomic E-state index is -1.29. The number of rotatable bonds is 5. The highest BCUT2D eigenvalue weighted by molar-refractivity contribution is 5.98. The molecule has 0 aliphatic heterocycles. The zero-order chi connectivity index (χ0) is 19.9. The molecule has 0 fully saturated rings. The lowest BCUT2D eigenvalue weighted by atomic mass is 10.1. The van der Waals surface area contributed by atoms with Crippen molar-refractivity contribution >= 4 is 35.1 Å². The number of oxazole rings is 1. The van der Waals surface area contributed by atoms with Crippen molar-refractivity contribution in [3.8, 4) is 0 Å². The van der Waals surface area contributed by atoms with Crippen LogP contribution in [-0.2, 0) is 14.3 Å². The summed E-state index contributed by atoms with van der Waals surface area (Å²) in [6.07, 6.45) is 1.16. The summed E-state index contributed by atoms with van der Waals surface area (Å²) >= 11 is 0. The van der Waals surface area contributed by atoms with Crippen LogP contribution < -0.4 is 10.6 Å². The molecule has 1 unspecified atom stereocenters. The number of carbonyl (C=O) groups excluding carboxylic acids is 3. The fourth-order valence-electron chi connectivity index (χ4n) is 2.40. The highest BCUT2D eigenvalue weighted by Crippen LogP contribution is 2.19.